The summed E-state index contributed by atoms with van der Waals surface area (Å²) in [5.41, 5.74) is 0.494. The first-order valence-corrected chi connectivity index (χ1v) is 5.73. The fourth-order valence-electron chi connectivity index (χ4n) is 2.06. The monoisotopic (exact) mass is 179 g/mol. The molecule has 1 heteroatoms. The van der Waals surface area contributed by atoms with Gasteiger partial charge in [0, 0.05) is 11.6 Å². The van der Waals surface area contributed by atoms with E-state index in [2.05, 4.69) is 24.4 Å². The molecule has 0 aromatic heterocycles. The van der Waals surface area contributed by atoms with E-state index in [1.165, 1.54) is 44.9 Å². The first-order chi connectivity index (χ1) is 6.29. The second-order valence-electron chi connectivity index (χ2n) is 4.88. The molecule has 2 rings (SSSR count). The second-order valence-corrected chi connectivity index (χ2v) is 4.88. The molecule has 0 aromatic carbocycles. The summed E-state index contributed by atoms with van der Waals surface area (Å²) in [6.07, 6.45) is 14.3. The average Bonchev–Trinajstić information content (AvgIpc) is 2.75. The van der Waals surface area contributed by atoms with Gasteiger partial charge in [0.2, 0.25) is 0 Å². The number of hydrogen-bond donors (Lipinski definition) is 1. The Morgan fingerprint density at radius 1 is 1.23 bits per heavy atom. The molecule has 0 aromatic rings. The van der Waals surface area contributed by atoms with Gasteiger partial charge >= 0.3 is 0 Å². The summed E-state index contributed by atoms with van der Waals surface area (Å²) in [5, 5.41) is 3.75. The Kier molecular flexibility index (Phi) is 2.73. The third-order valence-corrected chi connectivity index (χ3v) is 3.29. The van der Waals surface area contributed by atoms with E-state index in [1.54, 1.807) is 0 Å². The van der Waals surface area contributed by atoms with Gasteiger partial charge in [0.25, 0.3) is 0 Å². The summed E-state index contributed by atoms with van der Waals surface area (Å²) in [5.74, 6) is 0. The topological polar surface area (TPSA) is 12.0 Å². The molecule has 1 N–H and O–H groups in total. The molecule has 0 spiro atoms. The van der Waals surface area contributed by atoms with Crippen molar-refractivity contribution in [3.05, 3.63) is 12.2 Å². The van der Waals surface area contributed by atoms with Crippen LogP contribution in [0, 0.1) is 0 Å². The third kappa shape index (κ3) is 2.84. The van der Waals surface area contributed by atoms with Gasteiger partial charge < -0.3 is 5.32 Å². The molecule has 0 saturated heterocycles. The smallest absolute Gasteiger partial charge is 0.0255 e. The quantitative estimate of drug-likeness (QED) is 0.642. The lowest BCUT2D eigenvalue weighted by Crippen LogP contribution is -2.37. The molecule has 0 heterocycles. The lowest BCUT2D eigenvalue weighted by Gasteiger charge is -2.21. The predicted molar refractivity (Wildman–Crippen MR) is 56.8 cm³/mol. The molecule has 0 bridgehead atoms. The summed E-state index contributed by atoms with van der Waals surface area (Å²) in [6.45, 7) is 2.35. The standard InChI is InChI=1S/C12H21N/c1-12(9-10-12)13-11-7-5-3-2-4-6-8-11/h5,7,11,13H,2-4,6,8-10H2,1H3/b7-5-. The minimum absolute atomic E-state index is 0.494. The van der Waals surface area contributed by atoms with Gasteiger partial charge in [-0.3, -0.25) is 0 Å². The maximum atomic E-state index is 3.75. The van der Waals surface area contributed by atoms with Crippen LogP contribution in [0.15, 0.2) is 12.2 Å². The van der Waals surface area contributed by atoms with Crippen LogP contribution in [0.25, 0.3) is 0 Å². The van der Waals surface area contributed by atoms with Crippen molar-refractivity contribution in [2.75, 3.05) is 0 Å². The van der Waals surface area contributed by atoms with E-state index >= 15 is 0 Å². The van der Waals surface area contributed by atoms with E-state index < -0.39 is 0 Å². The predicted octanol–water partition coefficient (Wildman–Crippen LogP) is 3.02. The molecule has 1 nitrogen and oxygen atoms in total. The van der Waals surface area contributed by atoms with Crippen LogP contribution in [-0.2, 0) is 0 Å². The highest BCUT2D eigenvalue weighted by atomic mass is 15.0. The minimum atomic E-state index is 0.494. The highest BCUT2D eigenvalue weighted by molar-refractivity contribution is 5.04. The van der Waals surface area contributed by atoms with Gasteiger partial charge in [-0.25, -0.2) is 0 Å². The normalized spacial score (nSPS) is 34.7. The zero-order chi connectivity index (χ0) is 9.15. The van der Waals surface area contributed by atoms with Crippen molar-refractivity contribution in [2.45, 2.75) is 63.5 Å². The molecule has 2 aliphatic rings. The van der Waals surface area contributed by atoms with Crippen LogP contribution >= 0.6 is 0 Å². The lowest BCUT2D eigenvalue weighted by atomic mass is 10.0. The minimum Gasteiger partial charge on any atom is -0.305 e. The van der Waals surface area contributed by atoms with Crippen LogP contribution < -0.4 is 5.32 Å². The molecule has 1 unspecified atom stereocenters. The molecule has 1 fully saturated rings. The molecule has 2 aliphatic carbocycles. The maximum absolute atomic E-state index is 3.75. The van der Waals surface area contributed by atoms with Gasteiger partial charge in [0.15, 0.2) is 0 Å². The molecule has 0 aliphatic heterocycles. The molecule has 0 radical (unpaired) electrons. The summed E-state index contributed by atoms with van der Waals surface area (Å²) < 4.78 is 0. The van der Waals surface area contributed by atoms with Crippen molar-refractivity contribution in [2.24, 2.45) is 0 Å². The largest absolute Gasteiger partial charge is 0.305 e. The number of hydrogen-bond acceptors (Lipinski definition) is 1. The van der Waals surface area contributed by atoms with E-state index in [4.69, 9.17) is 0 Å². The van der Waals surface area contributed by atoms with Gasteiger partial charge in [0.1, 0.15) is 0 Å². The van der Waals surface area contributed by atoms with Crippen molar-refractivity contribution >= 4 is 0 Å². The maximum Gasteiger partial charge on any atom is 0.0255 e. The highest BCUT2D eigenvalue weighted by Gasteiger charge is 2.38. The Labute approximate surface area is 81.6 Å². The molecule has 13 heavy (non-hydrogen) atoms. The Bertz CT molecular complexity index is 191. The van der Waals surface area contributed by atoms with Gasteiger partial charge in [-0.2, -0.15) is 0 Å². The van der Waals surface area contributed by atoms with E-state index in [-0.39, 0.29) is 0 Å². The van der Waals surface area contributed by atoms with Crippen LogP contribution in [-0.4, -0.2) is 11.6 Å². The second kappa shape index (κ2) is 3.83. The first kappa shape index (κ1) is 9.26. The average molecular weight is 179 g/mol. The fraction of sp³-hybridized carbons (Fsp3) is 0.833. The van der Waals surface area contributed by atoms with Crippen LogP contribution in [0.3, 0.4) is 0 Å². The van der Waals surface area contributed by atoms with Crippen molar-refractivity contribution in [3.8, 4) is 0 Å². The van der Waals surface area contributed by atoms with Crippen LogP contribution in [0.4, 0.5) is 0 Å². The number of rotatable bonds is 2. The van der Waals surface area contributed by atoms with Crippen molar-refractivity contribution in [1.82, 2.24) is 5.32 Å². The van der Waals surface area contributed by atoms with Crippen LogP contribution in [0.1, 0.15) is 51.9 Å². The highest BCUT2D eigenvalue weighted by Crippen LogP contribution is 2.35. The SMILES string of the molecule is CC1(NC2/C=C\CCCCC2)CC1. The number of nitrogens with one attached hydrogen (secondary N) is 1. The van der Waals surface area contributed by atoms with Gasteiger partial charge in [-0.15, -0.1) is 0 Å². The van der Waals surface area contributed by atoms with Crippen molar-refractivity contribution in [1.29, 1.82) is 0 Å². The van der Waals surface area contributed by atoms with E-state index in [9.17, 15) is 0 Å². The molecule has 0 amide bonds. The molecular formula is C12H21N. The summed E-state index contributed by atoms with van der Waals surface area (Å²) >= 11 is 0. The molecule has 74 valence electrons. The Balaban J connectivity index is 1.84. The lowest BCUT2D eigenvalue weighted by molar-refractivity contribution is 0.442. The Hall–Kier alpha value is -0.300. The van der Waals surface area contributed by atoms with E-state index in [0.717, 1.165) is 0 Å². The zero-order valence-electron chi connectivity index (χ0n) is 8.68. The first-order valence-electron chi connectivity index (χ1n) is 5.73. The zero-order valence-corrected chi connectivity index (χ0v) is 8.68. The van der Waals surface area contributed by atoms with E-state index in [1.807, 2.05) is 0 Å². The van der Waals surface area contributed by atoms with E-state index in [0.29, 0.717) is 11.6 Å². The van der Waals surface area contributed by atoms with Crippen LogP contribution in [0.2, 0.25) is 0 Å². The van der Waals surface area contributed by atoms with Crippen LogP contribution in [0.5, 0.6) is 0 Å². The van der Waals surface area contributed by atoms with Gasteiger partial charge in [-0.1, -0.05) is 25.0 Å². The summed E-state index contributed by atoms with van der Waals surface area (Å²) in [6, 6.07) is 0.660. The Morgan fingerprint density at radius 3 is 2.85 bits per heavy atom. The summed E-state index contributed by atoms with van der Waals surface area (Å²) in [7, 11) is 0. The molecule has 1 saturated carbocycles. The van der Waals surface area contributed by atoms with Gasteiger partial charge in [0.05, 0.1) is 0 Å². The third-order valence-electron chi connectivity index (χ3n) is 3.29. The number of allylic oxidation sites excluding steroid dienone is 1. The molecule has 1 atom stereocenters. The van der Waals surface area contributed by atoms with Crippen molar-refractivity contribution < 1.29 is 0 Å². The summed E-state index contributed by atoms with van der Waals surface area (Å²) in [4.78, 5) is 0. The van der Waals surface area contributed by atoms with Crippen molar-refractivity contribution in [3.63, 3.8) is 0 Å². The molecular weight excluding hydrogens is 158 g/mol. The Morgan fingerprint density at radius 2 is 2.08 bits per heavy atom. The van der Waals surface area contributed by atoms with Gasteiger partial charge in [-0.05, 0) is 39.0 Å². The fourth-order valence-corrected chi connectivity index (χ4v) is 2.06.